The Hall–Kier alpha value is -3.94. The third kappa shape index (κ3) is 4.59. The minimum Gasteiger partial charge on any atom is -0.496 e. The minimum atomic E-state index is -2.29. The molecule has 3 aromatic rings. The number of benzene rings is 2. The molecule has 1 aliphatic carbocycles. The van der Waals surface area contributed by atoms with Gasteiger partial charge in [0.2, 0.25) is 5.60 Å². The van der Waals surface area contributed by atoms with Gasteiger partial charge in [0.05, 0.1) is 33.0 Å². The molecule has 1 spiro atoms. The van der Waals surface area contributed by atoms with Crippen molar-refractivity contribution in [3.8, 4) is 5.75 Å². The van der Waals surface area contributed by atoms with Crippen LogP contribution in [0.4, 0.5) is 5.69 Å². The Labute approximate surface area is 328 Å². The van der Waals surface area contributed by atoms with Crippen LogP contribution in [0, 0.1) is 11.3 Å². The number of hydrogen-bond donors (Lipinski definition) is 4. The molecular weight excluding hydrogens is 713 g/mol. The van der Waals surface area contributed by atoms with Crippen molar-refractivity contribution in [1.29, 1.82) is 0 Å². The number of aromatic amines is 1. The number of esters is 2. The maximum absolute atomic E-state index is 15.2. The highest BCUT2D eigenvalue weighted by Crippen LogP contribution is 2.67. The van der Waals surface area contributed by atoms with Crippen LogP contribution in [0.5, 0.6) is 5.75 Å². The van der Waals surface area contributed by atoms with Gasteiger partial charge in [0.15, 0.2) is 0 Å². The Kier molecular flexibility index (Phi) is 8.59. The van der Waals surface area contributed by atoms with E-state index in [1.54, 1.807) is 7.11 Å². The summed E-state index contributed by atoms with van der Waals surface area (Å²) in [6.07, 6.45) is 5.82. The average molecular weight is 769 g/mol. The van der Waals surface area contributed by atoms with Crippen LogP contribution in [0.15, 0.2) is 48.6 Å². The van der Waals surface area contributed by atoms with E-state index >= 15 is 4.79 Å². The van der Waals surface area contributed by atoms with Gasteiger partial charge in [-0.15, -0.1) is 0 Å². The Bertz CT molecular complexity index is 2140. The molecule has 2 aromatic carbocycles. The summed E-state index contributed by atoms with van der Waals surface area (Å²) in [4.78, 5) is 39.7. The predicted octanol–water partition coefficient (Wildman–Crippen LogP) is 3.42. The molecule has 12 heteroatoms. The fraction of sp³-hybridized carbons (Fsp3) is 0.591. The van der Waals surface area contributed by atoms with E-state index < -0.39 is 51.5 Å². The maximum atomic E-state index is 15.2. The summed E-state index contributed by atoms with van der Waals surface area (Å²) in [6, 6.07) is 11.1. The number of carbonyl (C=O) groups is 2. The fourth-order valence-corrected chi connectivity index (χ4v) is 13.2. The van der Waals surface area contributed by atoms with Gasteiger partial charge in [0.25, 0.3) is 0 Å². The molecule has 2 unspecified atom stereocenters. The number of nitrogens with one attached hydrogen (secondary N) is 1. The van der Waals surface area contributed by atoms with Gasteiger partial charge in [-0.1, -0.05) is 44.2 Å². The number of H-pyrrole nitrogens is 1. The van der Waals surface area contributed by atoms with E-state index in [4.69, 9.17) is 14.2 Å². The van der Waals surface area contributed by atoms with Crippen LogP contribution in [0.25, 0.3) is 10.9 Å². The number of hydrogen-bond acceptors (Lipinski definition) is 11. The number of fused-ring (bicyclic) bond motifs is 6. The first-order valence-corrected chi connectivity index (χ1v) is 20.3. The molecular formula is C44H56N4O8. The number of anilines is 1. The number of methoxy groups -OCH3 is 3. The molecule has 10 atom stereocenters. The highest BCUT2D eigenvalue weighted by atomic mass is 16.5. The molecule has 300 valence electrons. The van der Waals surface area contributed by atoms with Crippen molar-refractivity contribution in [2.24, 2.45) is 11.3 Å². The number of rotatable bonds is 6. The SMILES string of the molecule is CC[C@]1(O)C[C@@H]2CN(CCc3c([nH]c4ccccc34)[C@@](C(=O)OC)(c3cc4c(cc3OC)N(C)[C@@H]3C45CCN4CC=C[C@](CC)([C@H]45)[C@@H](O)[C@]3(O)C(=O)OC)C2)C1. The molecule has 0 radical (unpaired) electrons. The lowest BCUT2D eigenvalue weighted by Crippen LogP contribution is -2.80. The number of aliphatic hydroxyl groups excluding tert-OH is 1. The molecule has 0 amide bonds. The van der Waals surface area contributed by atoms with E-state index in [2.05, 4.69) is 26.9 Å². The Balaban J connectivity index is 1.36. The van der Waals surface area contributed by atoms with E-state index in [1.807, 2.05) is 62.2 Å². The van der Waals surface area contributed by atoms with Crippen LogP contribution in [-0.4, -0.2) is 133 Å². The largest absolute Gasteiger partial charge is 0.496 e. The van der Waals surface area contributed by atoms with Crippen molar-refractivity contribution in [2.45, 2.75) is 92.6 Å². The maximum Gasteiger partial charge on any atom is 0.342 e. The number of likely N-dealkylation sites (N-methyl/N-ethyl adjacent to an activating group) is 1. The van der Waals surface area contributed by atoms with E-state index in [-0.39, 0.29) is 12.0 Å². The number of aromatic nitrogens is 1. The third-order valence-corrected chi connectivity index (χ3v) is 15.4. The molecule has 6 aliphatic rings. The van der Waals surface area contributed by atoms with Crippen LogP contribution in [0.1, 0.15) is 68.3 Å². The monoisotopic (exact) mass is 768 g/mol. The lowest BCUT2D eigenvalue weighted by Gasteiger charge is -2.63. The quantitative estimate of drug-likeness (QED) is 0.216. The number of aliphatic hydroxyl groups is 3. The van der Waals surface area contributed by atoms with Crippen LogP contribution in [-0.2, 0) is 36.3 Å². The molecule has 1 saturated carbocycles. The highest BCUT2D eigenvalue weighted by molar-refractivity contribution is 5.95. The van der Waals surface area contributed by atoms with Gasteiger partial charge in [0, 0.05) is 84.0 Å². The van der Waals surface area contributed by atoms with Crippen LogP contribution < -0.4 is 9.64 Å². The average Bonchev–Trinajstić information content (AvgIpc) is 3.87. The summed E-state index contributed by atoms with van der Waals surface area (Å²) in [7, 11) is 6.17. The molecule has 1 aromatic heterocycles. The zero-order valence-electron chi connectivity index (χ0n) is 33.4. The third-order valence-electron chi connectivity index (χ3n) is 15.4. The Morgan fingerprint density at radius 1 is 0.964 bits per heavy atom. The molecule has 5 aliphatic heterocycles. The number of para-hydroxylation sites is 1. The summed E-state index contributed by atoms with van der Waals surface area (Å²) in [5, 5.41) is 38.3. The zero-order chi connectivity index (χ0) is 39.6. The molecule has 6 heterocycles. The van der Waals surface area contributed by atoms with Gasteiger partial charge in [-0.2, -0.15) is 0 Å². The number of carbonyl (C=O) groups excluding carboxylic acids is 2. The molecule has 56 heavy (non-hydrogen) atoms. The minimum absolute atomic E-state index is 0.0795. The second-order valence-corrected chi connectivity index (χ2v) is 17.6. The topological polar surface area (TPSA) is 148 Å². The van der Waals surface area contributed by atoms with Gasteiger partial charge < -0.3 is 39.4 Å². The number of ether oxygens (including phenoxy) is 3. The Morgan fingerprint density at radius 3 is 2.45 bits per heavy atom. The first kappa shape index (κ1) is 37.6. The van der Waals surface area contributed by atoms with Crippen LogP contribution >= 0.6 is 0 Å². The number of piperidine rings is 1. The van der Waals surface area contributed by atoms with Crippen molar-refractivity contribution in [3.63, 3.8) is 0 Å². The smallest absolute Gasteiger partial charge is 0.342 e. The highest BCUT2D eigenvalue weighted by Gasteiger charge is 2.79. The second kappa shape index (κ2) is 12.8. The van der Waals surface area contributed by atoms with Crippen molar-refractivity contribution >= 4 is 28.5 Å². The van der Waals surface area contributed by atoms with Gasteiger partial charge in [-0.3, -0.25) is 14.6 Å². The van der Waals surface area contributed by atoms with Gasteiger partial charge >= 0.3 is 11.9 Å². The first-order chi connectivity index (χ1) is 26.8. The molecule has 3 fully saturated rings. The van der Waals surface area contributed by atoms with Crippen molar-refractivity contribution in [3.05, 3.63) is 70.9 Å². The zero-order valence-corrected chi connectivity index (χ0v) is 33.4. The van der Waals surface area contributed by atoms with E-state index in [1.165, 1.54) is 14.2 Å². The summed E-state index contributed by atoms with van der Waals surface area (Å²) >= 11 is 0. The summed E-state index contributed by atoms with van der Waals surface area (Å²) in [5.74, 6) is -0.908. The molecule has 9 rings (SSSR count). The molecule has 2 saturated heterocycles. The van der Waals surface area contributed by atoms with Gasteiger partial charge in [-0.25, -0.2) is 4.79 Å². The normalized spacial score (nSPS) is 38.4. The standard InChI is InChI=1S/C44H56N4O8/c1-7-40(52)22-26-23-43(38(50)55-5,34-28(14-18-47(24-26)25-40)27-12-9-10-13-31(27)45-34)30-20-29-32(21-33(30)54-4)46(3)36-42(29)16-19-48-17-11-15-41(8-2,35(42)48)37(49)44(36,53)39(51)56-6/h9-13,15,20-21,26,35-37,45,49,52-53H,7-8,14,16-19,22-25H2,1-6H3/t26-,35-,36+,37+,40-,41+,42?,43-,44-/m0/s1. The predicted molar refractivity (Wildman–Crippen MR) is 211 cm³/mol. The molecule has 4 N–H and O–H groups in total. The van der Waals surface area contributed by atoms with Crippen molar-refractivity contribution < 1.29 is 39.1 Å². The van der Waals surface area contributed by atoms with E-state index in [0.717, 1.165) is 46.5 Å². The lowest BCUT2D eigenvalue weighted by molar-refractivity contribution is -0.218. The van der Waals surface area contributed by atoms with E-state index in [9.17, 15) is 20.1 Å². The van der Waals surface area contributed by atoms with Crippen LogP contribution in [0.3, 0.4) is 0 Å². The first-order valence-electron chi connectivity index (χ1n) is 20.3. The second-order valence-electron chi connectivity index (χ2n) is 17.6. The lowest BCUT2D eigenvalue weighted by atomic mass is 9.47. The van der Waals surface area contributed by atoms with Gasteiger partial charge in [0.1, 0.15) is 17.3 Å². The summed E-state index contributed by atoms with van der Waals surface area (Å²) in [5.41, 5.74) is -1.43. The fourth-order valence-electron chi connectivity index (χ4n) is 13.2. The van der Waals surface area contributed by atoms with Crippen molar-refractivity contribution in [1.82, 2.24) is 14.8 Å². The van der Waals surface area contributed by atoms with Crippen molar-refractivity contribution in [2.75, 3.05) is 66.0 Å². The molecule has 12 nitrogen and oxygen atoms in total. The Morgan fingerprint density at radius 2 is 1.73 bits per heavy atom. The summed E-state index contributed by atoms with van der Waals surface area (Å²) < 4.78 is 17.6. The summed E-state index contributed by atoms with van der Waals surface area (Å²) in [6.45, 7) is 7.41. The number of nitrogens with zero attached hydrogens (tertiary/aromatic N) is 3. The van der Waals surface area contributed by atoms with Crippen LogP contribution in [0.2, 0.25) is 0 Å². The van der Waals surface area contributed by atoms with E-state index in [0.29, 0.717) is 69.5 Å². The van der Waals surface area contributed by atoms with Gasteiger partial charge in [-0.05, 0) is 74.2 Å². The molecule has 2 bridgehead atoms.